The molecule has 0 unspecified atom stereocenters. The summed E-state index contributed by atoms with van der Waals surface area (Å²) in [5.41, 5.74) is 0.660. The highest BCUT2D eigenvalue weighted by Gasteiger charge is 1.96. The predicted molar refractivity (Wildman–Crippen MR) is 30.7 cm³/mol. The van der Waals surface area contributed by atoms with Gasteiger partial charge in [-0.3, -0.25) is 0 Å². The van der Waals surface area contributed by atoms with Crippen molar-refractivity contribution in [2.75, 3.05) is 0 Å². The summed E-state index contributed by atoms with van der Waals surface area (Å²) in [5.74, 6) is 1.81. The molecule has 0 amide bonds. The van der Waals surface area contributed by atoms with Crippen LogP contribution < -0.4 is 5.32 Å². The van der Waals surface area contributed by atoms with Gasteiger partial charge in [0.2, 0.25) is 0 Å². The Balaban J connectivity index is 2.63. The van der Waals surface area contributed by atoms with Crippen molar-refractivity contribution in [1.82, 2.24) is 5.32 Å². The van der Waals surface area contributed by atoms with Gasteiger partial charge < -0.3 is 5.32 Å². The Labute approximate surface area is 47.9 Å². The zero-order valence-electron chi connectivity index (χ0n) is 4.48. The van der Waals surface area contributed by atoms with Gasteiger partial charge in [0.15, 0.2) is 0 Å². The minimum absolute atomic E-state index is 0.660. The Morgan fingerprint density at radius 1 is 1.75 bits per heavy atom. The van der Waals surface area contributed by atoms with Crippen LogP contribution >= 0.6 is 0 Å². The molecule has 0 fully saturated rings. The minimum atomic E-state index is 0.660. The second-order valence-corrected chi connectivity index (χ2v) is 1.67. The van der Waals surface area contributed by atoms with Gasteiger partial charge in [-0.2, -0.15) is 0 Å². The maximum Gasteiger partial charge on any atom is 0.145 e. The van der Waals surface area contributed by atoms with E-state index in [0.29, 0.717) is 5.70 Å². The predicted octanol–water partition coefficient (Wildman–Crippen LogP) is 0.599. The van der Waals surface area contributed by atoms with Gasteiger partial charge in [0.1, 0.15) is 11.6 Å². The van der Waals surface area contributed by atoms with Gasteiger partial charge in [0.25, 0.3) is 0 Å². The highest BCUT2D eigenvalue weighted by atomic mass is 16.1. The Hall–Kier alpha value is -1.01. The SMILES string of the molecule is O=C=C1CCC=CN1. The number of rotatable bonds is 0. The second kappa shape index (κ2) is 2.34. The molecule has 0 atom stereocenters. The molecule has 1 N–H and O–H groups in total. The van der Waals surface area contributed by atoms with Crippen LogP contribution in [0.1, 0.15) is 12.8 Å². The number of carbonyl (C=O) groups excluding carboxylic acids is 1. The van der Waals surface area contributed by atoms with Crippen LogP contribution in [0.5, 0.6) is 0 Å². The molecular formula is C6H7NO. The van der Waals surface area contributed by atoms with E-state index in [1.807, 2.05) is 12.0 Å². The first-order valence-electron chi connectivity index (χ1n) is 2.59. The average Bonchev–Trinajstić information content (AvgIpc) is 1.90. The summed E-state index contributed by atoms with van der Waals surface area (Å²) < 4.78 is 0. The van der Waals surface area contributed by atoms with Crippen molar-refractivity contribution in [1.29, 1.82) is 0 Å². The Bertz CT molecular complexity index is 154. The first kappa shape index (κ1) is 5.13. The van der Waals surface area contributed by atoms with Crippen molar-refractivity contribution in [3.63, 3.8) is 0 Å². The summed E-state index contributed by atoms with van der Waals surface area (Å²) >= 11 is 0. The Morgan fingerprint density at radius 3 is 3.00 bits per heavy atom. The summed E-state index contributed by atoms with van der Waals surface area (Å²) in [5, 5.41) is 2.78. The molecule has 0 saturated carbocycles. The van der Waals surface area contributed by atoms with E-state index >= 15 is 0 Å². The molecule has 2 heteroatoms. The van der Waals surface area contributed by atoms with E-state index in [4.69, 9.17) is 0 Å². The van der Waals surface area contributed by atoms with Crippen LogP contribution in [0.3, 0.4) is 0 Å². The molecule has 1 heterocycles. The van der Waals surface area contributed by atoms with Gasteiger partial charge in [-0.05, 0) is 12.6 Å². The van der Waals surface area contributed by atoms with Crippen molar-refractivity contribution in [3.05, 3.63) is 18.0 Å². The number of hydrogen-bond donors (Lipinski definition) is 1. The van der Waals surface area contributed by atoms with Crippen LogP contribution in [0.4, 0.5) is 0 Å². The van der Waals surface area contributed by atoms with Crippen molar-refractivity contribution < 1.29 is 4.79 Å². The summed E-state index contributed by atoms with van der Waals surface area (Å²) in [7, 11) is 0. The van der Waals surface area contributed by atoms with Crippen LogP contribution in [0.15, 0.2) is 18.0 Å². The molecule has 0 aromatic heterocycles. The largest absolute Gasteiger partial charge is 0.356 e. The molecular weight excluding hydrogens is 102 g/mol. The number of nitrogens with one attached hydrogen (secondary N) is 1. The Morgan fingerprint density at radius 2 is 2.62 bits per heavy atom. The van der Waals surface area contributed by atoms with Gasteiger partial charge in [-0.15, -0.1) is 0 Å². The molecule has 0 aromatic carbocycles. The molecule has 0 aliphatic carbocycles. The van der Waals surface area contributed by atoms with Gasteiger partial charge in [0, 0.05) is 6.42 Å². The average molecular weight is 109 g/mol. The number of allylic oxidation sites excluding steroid dienone is 2. The fourth-order valence-electron chi connectivity index (χ4n) is 0.623. The van der Waals surface area contributed by atoms with Crippen molar-refractivity contribution >= 4 is 5.94 Å². The minimum Gasteiger partial charge on any atom is -0.356 e. The maximum absolute atomic E-state index is 9.90. The van der Waals surface area contributed by atoms with Crippen molar-refractivity contribution in [3.8, 4) is 0 Å². The highest BCUT2D eigenvalue weighted by molar-refractivity contribution is 5.52. The van der Waals surface area contributed by atoms with Crippen LogP contribution in [-0.4, -0.2) is 5.94 Å². The molecule has 42 valence electrons. The van der Waals surface area contributed by atoms with E-state index in [-0.39, 0.29) is 0 Å². The quantitative estimate of drug-likeness (QED) is 0.461. The number of hydrogen-bond acceptors (Lipinski definition) is 2. The summed E-state index contributed by atoms with van der Waals surface area (Å²) in [6.45, 7) is 0. The van der Waals surface area contributed by atoms with Crippen LogP contribution in [0.25, 0.3) is 0 Å². The van der Waals surface area contributed by atoms with Gasteiger partial charge in [-0.25, -0.2) is 4.79 Å². The fraction of sp³-hybridized carbons (Fsp3) is 0.333. The van der Waals surface area contributed by atoms with Gasteiger partial charge in [-0.1, -0.05) is 6.08 Å². The lowest BCUT2D eigenvalue weighted by Crippen LogP contribution is -2.08. The van der Waals surface area contributed by atoms with E-state index in [0.717, 1.165) is 12.8 Å². The van der Waals surface area contributed by atoms with Gasteiger partial charge >= 0.3 is 0 Å². The molecule has 0 spiro atoms. The summed E-state index contributed by atoms with van der Waals surface area (Å²) in [6.07, 6.45) is 5.52. The lowest BCUT2D eigenvalue weighted by atomic mass is 10.2. The molecule has 1 rings (SSSR count). The fourth-order valence-corrected chi connectivity index (χ4v) is 0.623. The second-order valence-electron chi connectivity index (χ2n) is 1.67. The van der Waals surface area contributed by atoms with E-state index in [9.17, 15) is 4.79 Å². The van der Waals surface area contributed by atoms with Crippen LogP contribution in [-0.2, 0) is 4.79 Å². The van der Waals surface area contributed by atoms with E-state index in [1.165, 1.54) is 0 Å². The molecule has 0 aromatic rings. The normalized spacial score (nSPS) is 17.2. The summed E-state index contributed by atoms with van der Waals surface area (Å²) in [4.78, 5) is 9.90. The first-order valence-corrected chi connectivity index (χ1v) is 2.59. The Kier molecular flexibility index (Phi) is 1.50. The smallest absolute Gasteiger partial charge is 0.145 e. The molecule has 0 radical (unpaired) electrons. The molecule has 0 saturated heterocycles. The standard InChI is InChI=1S/C6H7NO/c8-5-6-3-1-2-4-7-6/h2,4,7H,1,3H2. The zero-order chi connectivity index (χ0) is 5.82. The monoisotopic (exact) mass is 109 g/mol. The molecule has 0 bridgehead atoms. The molecule has 1 aliphatic rings. The molecule has 2 nitrogen and oxygen atoms in total. The molecule has 1 aliphatic heterocycles. The first-order chi connectivity index (χ1) is 3.93. The third-order valence-corrected chi connectivity index (χ3v) is 1.06. The topological polar surface area (TPSA) is 29.1 Å². The van der Waals surface area contributed by atoms with Crippen LogP contribution in [0, 0.1) is 0 Å². The van der Waals surface area contributed by atoms with E-state index in [2.05, 4.69) is 5.32 Å². The molecule has 8 heavy (non-hydrogen) atoms. The van der Waals surface area contributed by atoms with Crippen molar-refractivity contribution in [2.24, 2.45) is 0 Å². The van der Waals surface area contributed by atoms with E-state index < -0.39 is 0 Å². The lowest BCUT2D eigenvalue weighted by molar-refractivity contribution is 0.563. The zero-order valence-corrected chi connectivity index (χ0v) is 4.48. The van der Waals surface area contributed by atoms with E-state index in [1.54, 1.807) is 6.20 Å². The maximum atomic E-state index is 9.90. The summed E-state index contributed by atoms with van der Waals surface area (Å²) in [6, 6.07) is 0. The van der Waals surface area contributed by atoms with Gasteiger partial charge in [0.05, 0.1) is 0 Å². The highest BCUT2D eigenvalue weighted by Crippen LogP contribution is 2.02. The van der Waals surface area contributed by atoms with Crippen LogP contribution in [0.2, 0.25) is 0 Å². The van der Waals surface area contributed by atoms with Crippen molar-refractivity contribution in [2.45, 2.75) is 12.8 Å². The third kappa shape index (κ3) is 0.983. The third-order valence-electron chi connectivity index (χ3n) is 1.06. The lowest BCUT2D eigenvalue weighted by Gasteiger charge is -2.04.